The van der Waals surface area contributed by atoms with Crippen molar-refractivity contribution in [2.24, 2.45) is 0 Å². The van der Waals surface area contributed by atoms with Gasteiger partial charge in [-0.15, -0.1) is 0 Å². The summed E-state index contributed by atoms with van der Waals surface area (Å²) < 4.78 is 11.5. The molecule has 34 heavy (non-hydrogen) atoms. The van der Waals surface area contributed by atoms with Gasteiger partial charge in [-0.1, -0.05) is 42.5 Å². The molecule has 0 saturated carbocycles. The zero-order valence-corrected chi connectivity index (χ0v) is 20.9. The number of carboxylic acid groups (broad SMARTS) is 1. The van der Waals surface area contributed by atoms with E-state index in [1.807, 2.05) is 51.1 Å². The number of rotatable bonds is 14. The predicted octanol–water partition coefficient (Wildman–Crippen LogP) is 5.36. The van der Waals surface area contributed by atoms with E-state index in [9.17, 15) is 9.59 Å². The van der Waals surface area contributed by atoms with Gasteiger partial charge in [-0.3, -0.25) is 9.59 Å². The molecule has 0 spiro atoms. The summed E-state index contributed by atoms with van der Waals surface area (Å²) in [6, 6.07) is 17.7. The second-order valence-corrected chi connectivity index (χ2v) is 9.71. The van der Waals surface area contributed by atoms with Crippen molar-refractivity contribution in [3.8, 4) is 5.75 Å². The quantitative estimate of drug-likeness (QED) is 0.286. The van der Waals surface area contributed by atoms with Gasteiger partial charge >= 0.3 is 11.9 Å². The summed E-state index contributed by atoms with van der Waals surface area (Å²) >= 11 is 0. The van der Waals surface area contributed by atoms with Gasteiger partial charge in [-0.05, 0) is 76.6 Å². The van der Waals surface area contributed by atoms with E-state index in [-0.39, 0.29) is 18.4 Å². The fourth-order valence-electron chi connectivity index (χ4n) is 3.60. The molecule has 2 unspecified atom stereocenters. The van der Waals surface area contributed by atoms with Gasteiger partial charge in [0, 0.05) is 12.6 Å². The molecule has 2 aromatic rings. The monoisotopic (exact) mass is 469 g/mol. The average molecular weight is 470 g/mol. The van der Waals surface area contributed by atoms with Gasteiger partial charge in [0.2, 0.25) is 0 Å². The SMILES string of the molecule is CC(CC(=O)O)NCC(C(=O)OC(C)(C)C)c1ccc(OCCCCCc2ccccc2)cc1. The highest BCUT2D eigenvalue weighted by Crippen LogP contribution is 2.23. The molecule has 186 valence electrons. The number of nitrogens with one attached hydrogen (secondary N) is 1. The normalized spacial score (nSPS) is 13.2. The summed E-state index contributed by atoms with van der Waals surface area (Å²) in [6.07, 6.45) is 4.30. The summed E-state index contributed by atoms with van der Waals surface area (Å²) in [5, 5.41) is 12.1. The third-order valence-electron chi connectivity index (χ3n) is 5.35. The number of carbonyl (C=O) groups is 2. The fourth-order valence-corrected chi connectivity index (χ4v) is 3.60. The standard InChI is InChI=1S/C28H39NO5/c1-21(19-26(30)31)29-20-25(27(32)34-28(2,3)4)23-14-16-24(17-15-23)33-18-10-6-9-13-22-11-7-5-8-12-22/h5,7-8,11-12,14-17,21,25,29H,6,9-10,13,18-20H2,1-4H3,(H,30,31). The third-order valence-corrected chi connectivity index (χ3v) is 5.35. The van der Waals surface area contributed by atoms with Gasteiger partial charge in [-0.25, -0.2) is 0 Å². The van der Waals surface area contributed by atoms with Crippen LogP contribution in [0, 0.1) is 0 Å². The maximum Gasteiger partial charge on any atom is 0.315 e. The smallest absolute Gasteiger partial charge is 0.315 e. The van der Waals surface area contributed by atoms with Crippen LogP contribution >= 0.6 is 0 Å². The van der Waals surface area contributed by atoms with E-state index >= 15 is 0 Å². The van der Waals surface area contributed by atoms with Crippen molar-refractivity contribution in [1.29, 1.82) is 0 Å². The van der Waals surface area contributed by atoms with Gasteiger partial charge in [-0.2, -0.15) is 0 Å². The Kier molecular flexibility index (Phi) is 11.1. The zero-order chi connectivity index (χ0) is 25.0. The van der Waals surface area contributed by atoms with Crippen molar-refractivity contribution < 1.29 is 24.2 Å². The lowest BCUT2D eigenvalue weighted by Crippen LogP contribution is -2.37. The Morgan fingerprint density at radius 3 is 2.26 bits per heavy atom. The molecule has 0 aromatic heterocycles. The molecule has 0 radical (unpaired) electrons. The van der Waals surface area contributed by atoms with Crippen LogP contribution in [-0.4, -0.2) is 41.8 Å². The van der Waals surface area contributed by atoms with Crippen LogP contribution < -0.4 is 10.1 Å². The highest BCUT2D eigenvalue weighted by atomic mass is 16.6. The van der Waals surface area contributed by atoms with Gasteiger partial charge < -0.3 is 19.9 Å². The van der Waals surface area contributed by atoms with E-state index in [0.29, 0.717) is 13.2 Å². The summed E-state index contributed by atoms with van der Waals surface area (Å²) in [5.41, 5.74) is 1.57. The molecule has 0 bridgehead atoms. The molecule has 2 aromatic carbocycles. The first-order valence-corrected chi connectivity index (χ1v) is 12.1. The molecule has 0 fully saturated rings. The summed E-state index contributed by atoms with van der Waals surface area (Å²) in [7, 11) is 0. The Hall–Kier alpha value is -2.86. The highest BCUT2D eigenvalue weighted by molar-refractivity contribution is 5.79. The maximum atomic E-state index is 12.8. The number of aliphatic carboxylic acids is 1. The first-order valence-electron chi connectivity index (χ1n) is 12.1. The number of unbranched alkanes of at least 4 members (excludes halogenated alkanes) is 2. The van der Waals surface area contributed by atoms with E-state index in [2.05, 4.69) is 29.6 Å². The average Bonchev–Trinajstić information content (AvgIpc) is 2.76. The number of hydrogen-bond donors (Lipinski definition) is 2. The van der Waals surface area contributed by atoms with Crippen molar-refractivity contribution in [1.82, 2.24) is 5.32 Å². The van der Waals surface area contributed by atoms with Crippen molar-refractivity contribution in [2.45, 2.75) is 77.4 Å². The largest absolute Gasteiger partial charge is 0.494 e. The van der Waals surface area contributed by atoms with Crippen LogP contribution in [0.1, 0.15) is 70.4 Å². The number of carboxylic acids is 1. The summed E-state index contributed by atoms with van der Waals surface area (Å²) in [5.74, 6) is -0.991. The number of carbonyl (C=O) groups excluding carboxylic acids is 1. The minimum atomic E-state index is -0.879. The van der Waals surface area contributed by atoms with Gasteiger partial charge in [0.15, 0.2) is 0 Å². The second-order valence-electron chi connectivity index (χ2n) is 9.71. The molecule has 0 aliphatic heterocycles. The third kappa shape index (κ3) is 10.8. The molecular formula is C28H39NO5. The van der Waals surface area contributed by atoms with E-state index in [4.69, 9.17) is 14.6 Å². The topological polar surface area (TPSA) is 84.9 Å². The Labute approximate surface area is 203 Å². The number of ether oxygens (including phenoxy) is 2. The molecule has 2 N–H and O–H groups in total. The van der Waals surface area contributed by atoms with Crippen LogP contribution in [0.2, 0.25) is 0 Å². The first-order chi connectivity index (χ1) is 16.1. The van der Waals surface area contributed by atoms with Crippen LogP contribution in [0.3, 0.4) is 0 Å². The molecule has 0 saturated heterocycles. The molecule has 2 atom stereocenters. The highest BCUT2D eigenvalue weighted by Gasteiger charge is 2.27. The Bertz CT molecular complexity index is 874. The molecule has 6 nitrogen and oxygen atoms in total. The minimum Gasteiger partial charge on any atom is -0.494 e. The van der Waals surface area contributed by atoms with Gasteiger partial charge in [0.05, 0.1) is 18.9 Å². The van der Waals surface area contributed by atoms with Crippen molar-refractivity contribution in [3.05, 3.63) is 65.7 Å². The lowest BCUT2D eigenvalue weighted by Gasteiger charge is -2.25. The van der Waals surface area contributed by atoms with Crippen LogP contribution in [-0.2, 0) is 20.7 Å². The molecule has 0 aliphatic rings. The molecule has 0 heterocycles. The van der Waals surface area contributed by atoms with Crippen LogP contribution in [0.4, 0.5) is 0 Å². The van der Waals surface area contributed by atoms with E-state index in [1.54, 1.807) is 6.92 Å². The van der Waals surface area contributed by atoms with Gasteiger partial charge in [0.25, 0.3) is 0 Å². The van der Waals surface area contributed by atoms with E-state index in [1.165, 1.54) is 5.56 Å². The molecule has 0 amide bonds. The summed E-state index contributed by atoms with van der Waals surface area (Å²) in [6.45, 7) is 8.23. The number of esters is 1. The van der Waals surface area contributed by atoms with Crippen molar-refractivity contribution >= 4 is 11.9 Å². The minimum absolute atomic E-state index is 0.0147. The van der Waals surface area contributed by atoms with Gasteiger partial charge in [0.1, 0.15) is 11.4 Å². The van der Waals surface area contributed by atoms with Crippen LogP contribution in [0.25, 0.3) is 0 Å². The fraction of sp³-hybridized carbons (Fsp3) is 0.500. The van der Waals surface area contributed by atoms with E-state index < -0.39 is 17.5 Å². The van der Waals surface area contributed by atoms with Crippen molar-refractivity contribution in [2.75, 3.05) is 13.2 Å². The lowest BCUT2D eigenvalue weighted by molar-refractivity contribution is -0.156. The van der Waals surface area contributed by atoms with Crippen LogP contribution in [0.15, 0.2) is 54.6 Å². The van der Waals surface area contributed by atoms with Crippen LogP contribution in [0.5, 0.6) is 5.75 Å². The Morgan fingerprint density at radius 2 is 1.65 bits per heavy atom. The van der Waals surface area contributed by atoms with Crippen molar-refractivity contribution in [3.63, 3.8) is 0 Å². The second kappa shape index (κ2) is 13.8. The number of hydrogen-bond acceptors (Lipinski definition) is 5. The predicted molar refractivity (Wildman–Crippen MR) is 134 cm³/mol. The molecule has 2 rings (SSSR count). The maximum absolute atomic E-state index is 12.8. The molecule has 6 heteroatoms. The zero-order valence-electron chi connectivity index (χ0n) is 20.9. The molecule has 0 aliphatic carbocycles. The first kappa shape index (κ1) is 27.4. The lowest BCUT2D eigenvalue weighted by atomic mass is 9.98. The Morgan fingerprint density at radius 1 is 0.971 bits per heavy atom. The summed E-state index contributed by atoms with van der Waals surface area (Å²) in [4.78, 5) is 23.8. The Balaban J connectivity index is 1.86. The number of benzene rings is 2. The number of aryl methyl sites for hydroxylation is 1. The van der Waals surface area contributed by atoms with E-state index in [0.717, 1.165) is 37.0 Å². The molecular weight excluding hydrogens is 430 g/mol.